The van der Waals surface area contributed by atoms with Crippen molar-refractivity contribution in [2.24, 2.45) is 7.05 Å². The monoisotopic (exact) mass is 379 g/mol. The number of hydrogen-bond donors (Lipinski definition) is 1. The van der Waals surface area contributed by atoms with Gasteiger partial charge in [-0.1, -0.05) is 42.5 Å². The Morgan fingerprint density at radius 1 is 1.11 bits per heavy atom. The fraction of sp³-hybridized carbons (Fsp3) is 0.238. The van der Waals surface area contributed by atoms with Crippen LogP contribution in [0.5, 0.6) is 0 Å². The number of benzene rings is 2. The first-order valence-corrected chi connectivity index (χ1v) is 9.97. The van der Waals surface area contributed by atoms with E-state index in [2.05, 4.69) is 11.4 Å². The summed E-state index contributed by atoms with van der Waals surface area (Å²) in [5.74, 6) is 0.759. The van der Waals surface area contributed by atoms with E-state index in [4.69, 9.17) is 0 Å². The van der Waals surface area contributed by atoms with Crippen molar-refractivity contribution in [1.29, 1.82) is 0 Å². The lowest BCUT2D eigenvalue weighted by atomic mass is 10.0. The molecule has 3 aromatic rings. The molecule has 2 aromatic carbocycles. The van der Waals surface area contributed by atoms with Gasteiger partial charge in [0.05, 0.1) is 11.4 Å². The average molecular weight is 379 g/mol. The SMILES string of the molecule is Cc1c(NC(=O)[C@@H]2SCCc3ccccc32)c(=O)n(-c2ccccc2)n1C. The second kappa shape index (κ2) is 7.12. The summed E-state index contributed by atoms with van der Waals surface area (Å²) < 4.78 is 3.35. The maximum atomic E-state index is 13.0. The van der Waals surface area contributed by atoms with E-state index in [1.807, 2.05) is 62.5 Å². The number of aromatic nitrogens is 2. The van der Waals surface area contributed by atoms with Gasteiger partial charge >= 0.3 is 0 Å². The third-order valence-electron chi connectivity index (χ3n) is 5.03. The van der Waals surface area contributed by atoms with Gasteiger partial charge in [0, 0.05) is 7.05 Å². The predicted molar refractivity (Wildman–Crippen MR) is 110 cm³/mol. The Morgan fingerprint density at radius 3 is 2.59 bits per heavy atom. The van der Waals surface area contributed by atoms with Gasteiger partial charge in [0.2, 0.25) is 5.91 Å². The molecule has 1 aliphatic rings. The number of anilines is 1. The predicted octanol–water partition coefficient (Wildman–Crippen LogP) is 3.45. The van der Waals surface area contributed by atoms with Gasteiger partial charge in [-0.15, -0.1) is 11.8 Å². The van der Waals surface area contributed by atoms with Gasteiger partial charge in [-0.25, -0.2) is 4.68 Å². The molecule has 1 N–H and O–H groups in total. The zero-order valence-corrected chi connectivity index (χ0v) is 16.1. The van der Waals surface area contributed by atoms with Crippen LogP contribution in [0.1, 0.15) is 22.1 Å². The van der Waals surface area contributed by atoms with E-state index in [-0.39, 0.29) is 16.7 Å². The molecule has 0 bridgehead atoms. The first-order chi connectivity index (χ1) is 13.1. The van der Waals surface area contributed by atoms with Gasteiger partial charge in [-0.2, -0.15) is 0 Å². The molecule has 0 fully saturated rings. The van der Waals surface area contributed by atoms with Crippen LogP contribution in [0.25, 0.3) is 5.69 Å². The Hall–Kier alpha value is -2.73. The van der Waals surface area contributed by atoms with E-state index >= 15 is 0 Å². The zero-order valence-electron chi connectivity index (χ0n) is 15.3. The fourth-order valence-corrected chi connectivity index (χ4v) is 4.71. The Balaban J connectivity index is 1.68. The van der Waals surface area contributed by atoms with Crippen molar-refractivity contribution in [2.75, 3.05) is 11.1 Å². The molecule has 0 radical (unpaired) electrons. The molecule has 0 aliphatic carbocycles. The van der Waals surface area contributed by atoms with Crippen molar-refractivity contribution in [1.82, 2.24) is 9.36 Å². The Labute approximate surface area is 162 Å². The van der Waals surface area contributed by atoms with Crippen molar-refractivity contribution in [3.05, 3.63) is 81.8 Å². The lowest BCUT2D eigenvalue weighted by Gasteiger charge is -2.24. The summed E-state index contributed by atoms with van der Waals surface area (Å²) in [6.45, 7) is 1.85. The topological polar surface area (TPSA) is 56.0 Å². The minimum Gasteiger partial charge on any atom is -0.319 e. The molecule has 5 nitrogen and oxygen atoms in total. The minimum absolute atomic E-state index is 0.141. The molecule has 2 heterocycles. The number of thioether (sulfide) groups is 1. The van der Waals surface area contributed by atoms with E-state index in [0.717, 1.165) is 29.1 Å². The van der Waals surface area contributed by atoms with E-state index < -0.39 is 0 Å². The Bertz CT molecular complexity index is 1050. The maximum absolute atomic E-state index is 13.0. The first kappa shape index (κ1) is 17.7. The molecule has 0 saturated carbocycles. The molecule has 0 spiro atoms. The van der Waals surface area contributed by atoms with E-state index in [0.29, 0.717) is 5.69 Å². The number of amides is 1. The van der Waals surface area contributed by atoms with Crippen molar-refractivity contribution in [3.63, 3.8) is 0 Å². The van der Waals surface area contributed by atoms with E-state index in [1.165, 1.54) is 5.56 Å². The Morgan fingerprint density at radius 2 is 1.81 bits per heavy atom. The number of rotatable bonds is 3. The number of nitrogens with one attached hydrogen (secondary N) is 1. The molecular formula is C21H21N3O2S. The van der Waals surface area contributed by atoms with Gasteiger partial charge in [-0.05, 0) is 42.4 Å². The first-order valence-electron chi connectivity index (χ1n) is 8.92. The van der Waals surface area contributed by atoms with Crippen LogP contribution in [0.3, 0.4) is 0 Å². The summed E-state index contributed by atoms with van der Waals surface area (Å²) in [4.78, 5) is 26.0. The number of aryl methyl sites for hydroxylation is 1. The second-order valence-electron chi connectivity index (χ2n) is 6.63. The van der Waals surface area contributed by atoms with Gasteiger partial charge in [0.25, 0.3) is 5.56 Å². The van der Waals surface area contributed by atoms with Crippen LogP contribution in [-0.2, 0) is 18.3 Å². The second-order valence-corrected chi connectivity index (χ2v) is 7.84. The number of nitrogens with zero attached hydrogens (tertiary/aromatic N) is 2. The van der Waals surface area contributed by atoms with Crippen LogP contribution in [-0.4, -0.2) is 21.0 Å². The van der Waals surface area contributed by atoms with E-state index in [9.17, 15) is 9.59 Å². The molecular weight excluding hydrogens is 358 g/mol. The van der Waals surface area contributed by atoms with Crippen molar-refractivity contribution >= 4 is 23.4 Å². The quantitative estimate of drug-likeness (QED) is 0.758. The number of para-hydroxylation sites is 1. The highest BCUT2D eigenvalue weighted by Gasteiger charge is 2.28. The average Bonchev–Trinajstić information content (AvgIpc) is 2.91. The molecule has 1 amide bonds. The molecule has 0 unspecified atom stereocenters. The highest BCUT2D eigenvalue weighted by molar-refractivity contribution is 8.00. The number of fused-ring (bicyclic) bond motifs is 1. The third kappa shape index (κ3) is 3.10. The van der Waals surface area contributed by atoms with Crippen LogP contribution < -0.4 is 10.9 Å². The lowest BCUT2D eigenvalue weighted by molar-refractivity contribution is -0.115. The fourth-order valence-electron chi connectivity index (χ4n) is 3.51. The molecule has 0 saturated heterocycles. The maximum Gasteiger partial charge on any atom is 0.295 e. The third-order valence-corrected chi connectivity index (χ3v) is 6.28. The molecule has 1 aromatic heterocycles. The van der Waals surface area contributed by atoms with Crippen molar-refractivity contribution in [2.45, 2.75) is 18.6 Å². The van der Waals surface area contributed by atoms with Crippen LogP contribution in [0, 0.1) is 6.92 Å². The summed E-state index contributed by atoms with van der Waals surface area (Å²) >= 11 is 1.62. The highest BCUT2D eigenvalue weighted by atomic mass is 32.2. The zero-order chi connectivity index (χ0) is 19.0. The van der Waals surface area contributed by atoms with Crippen molar-refractivity contribution in [3.8, 4) is 5.69 Å². The number of carbonyl (C=O) groups is 1. The van der Waals surface area contributed by atoms with Gasteiger partial charge < -0.3 is 5.32 Å². The van der Waals surface area contributed by atoms with Crippen LogP contribution >= 0.6 is 11.8 Å². The number of hydrogen-bond acceptors (Lipinski definition) is 3. The van der Waals surface area contributed by atoms with E-state index in [1.54, 1.807) is 21.1 Å². The lowest BCUT2D eigenvalue weighted by Crippen LogP contribution is -2.27. The number of carbonyl (C=O) groups excluding carboxylic acids is 1. The standard InChI is InChI=1S/C21H21N3O2S/c1-14-18(21(26)24(23(14)2)16-9-4-3-5-10-16)22-20(25)19-17-11-7-6-8-15(17)12-13-27-19/h3-11,19H,12-13H2,1-2H3,(H,22,25)/t19-/m1/s1. The van der Waals surface area contributed by atoms with Crippen LogP contribution in [0.4, 0.5) is 5.69 Å². The molecule has 27 heavy (non-hydrogen) atoms. The molecule has 138 valence electrons. The summed E-state index contributed by atoms with van der Waals surface area (Å²) in [5, 5.41) is 2.61. The molecule has 1 atom stereocenters. The van der Waals surface area contributed by atoms with Crippen LogP contribution in [0.2, 0.25) is 0 Å². The smallest absolute Gasteiger partial charge is 0.295 e. The molecule has 1 aliphatic heterocycles. The molecule has 4 rings (SSSR count). The summed E-state index contributed by atoms with van der Waals surface area (Å²) in [7, 11) is 1.82. The summed E-state index contributed by atoms with van der Waals surface area (Å²) in [6.07, 6.45) is 0.968. The van der Waals surface area contributed by atoms with Gasteiger partial charge in [-0.3, -0.25) is 14.3 Å². The summed E-state index contributed by atoms with van der Waals surface area (Å²) in [5.41, 5.74) is 3.88. The largest absolute Gasteiger partial charge is 0.319 e. The van der Waals surface area contributed by atoms with Gasteiger partial charge in [0.15, 0.2) is 0 Å². The van der Waals surface area contributed by atoms with Gasteiger partial charge in [0.1, 0.15) is 10.9 Å². The van der Waals surface area contributed by atoms with Crippen LogP contribution in [0.15, 0.2) is 59.4 Å². The normalized spacial score (nSPS) is 16.0. The minimum atomic E-state index is -0.292. The summed E-state index contributed by atoms with van der Waals surface area (Å²) in [6, 6.07) is 17.5. The van der Waals surface area contributed by atoms with Crippen molar-refractivity contribution < 1.29 is 4.79 Å². The molecule has 6 heteroatoms. The highest BCUT2D eigenvalue weighted by Crippen LogP contribution is 2.37. The Kier molecular flexibility index (Phi) is 4.66.